The predicted octanol–water partition coefficient (Wildman–Crippen LogP) is 0.984. The topological polar surface area (TPSA) is 66.6 Å². The second kappa shape index (κ2) is 6.08. The first kappa shape index (κ1) is 14.6. The van der Waals surface area contributed by atoms with Gasteiger partial charge in [-0.15, -0.1) is 0 Å². The lowest BCUT2D eigenvalue weighted by atomic mass is 9.94. The van der Waals surface area contributed by atoms with Gasteiger partial charge in [-0.3, -0.25) is 4.79 Å². The van der Waals surface area contributed by atoms with Gasteiger partial charge < -0.3 is 15.7 Å². The molecular formula is C16H20N2O2. The molecule has 0 bridgehead atoms. The summed E-state index contributed by atoms with van der Waals surface area (Å²) in [7, 11) is 0. The van der Waals surface area contributed by atoms with E-state index in [0.717, 1.165) is 18.4 Å². The van der Waals surface area contributed by atoms with Gasteiger partial charge in [0.1, 0.15) is 0 Å². The number of piperidine rings is 1. The molecule has 1 aliphatic rings. The van der Waals surface area contributed by atoms with Crippen LogP contribution in [0.3, 0.4) is 0 Å². The van der Waals surface area contributed by atoms with Crippen molar-refractivity contribution in [1.82, 2.24) is 4.90 Å². The molecule has 1 fully saturated rings. The van der Waals surface area contributed by atoms with Gasteiger partial charge in [0.05, 0.1) is 12.1 Å². The summed E-state index contributed by atoms with van der Waals surface area (Å²) >= 11 is 0. The van der Waals surface area contributed by atoms with Crippen LogP contribution in [-0.2, 0) is 0 Å². The molecule has 1 aromatic carbocycles. The number of carbonyl (C=O) groups is 1. The Hall–Kier alpha value is -1.83. The highest BCUT2D eigenvalue weighted by molar-refractivity contribution is 5.94. The summed E-state index contributed by atoms with van der Waals surface area (Å²) in [5.41, 5.74) is 5.94. The number of rotatable bonds is 1. The summed E-state index contributed by atoms with van der Waals surface area (Å²) in [6.07, 6.45) is 1.56. The quantitative estimate of drug-likeness (QED) is 0.749. The van der Waals surface area contributed by atoms with Gasteiger partial charge >= 0.3 is 0 Å². The number of aliphatic hydroxyl groups is 1. The summed E-state index contributed by atoms with van der Waals surface area (Å²) in [5.74, 6) is 5.65. The van der Waals surface area contributed by atoms with Gasteiger partial charge in [-0.05, 0) is 38.0 Å². The molecule has 2 rings (SSSR count). The van der Waals surface area contributed by atoms with Crippen LogP contribution in [0.4, 0.5) is 0 Å². The predicted molar refractivity (Wildman–Crippen MR) is 78.1 cm³/mol. The minimum absolute atomic E-state index is 0.0543. The molecule has 0 saturated carbocycles. The summed E-state index contributed by atoms with van der Waals surface area (Å²) in [6, 6.07) is 7.22. The minimum atomic E-state index is -0.787. The van der Waals surface area contributed by atoms with Crippen LogP contribution in [-0.4, -0.2) is 41.1 Å². The van der Waals surface area contributed by atoms with Crippen LogP contribution in [0, 0.1) is 11.8 Å². The smallest absolute Gasteiger partial charge is 0.253 e. The molecule has 20 heavy (non-hydrogen) atoms. The number of β-amino-alcohol motifs (C(OH)–C–C–N with tert-alkyl or cyclic N) is 1. The summed E-state index contributed by atoms with van der Waals surface area (Å²) in [5, 5.41) is 10.1. The molecule has 1 saturated heterocycles. The third kappa shape index (κ3) is 3.60. The monoisotopic (exact) mass is 272 g/mol. The lowest BCUT2D eigenvalue weighted by molar-refractivity contribution is -0.0107. The van der Waals surface area contributed by atoms with Crippen LogP contribution in [0.2, 0.25) is 0 Å². The minimum Gasteiger partial charge on any atom is -0.388 e. The average molecular weight is 272 g/mol. The molecule has 3 N–H and O–H groups in total. The molecule has 4 nitrogen and oxygen atoms in total. The third-order valence-electron chi connectivity index (χ3n) is 3.41. The maximum Gasteiger partial charge on any atom is 0.253 e. The number of hydrogen-bond acceptors (Lipinski definition) is 3. The van der Waals surface area contributed by atoms with E-state index < -0.39 is 5.60 Å². The maximum atomic E-state index is 12.5. The Morgan fingerprint density at radius 3 is 3.05 bits per heavy atom. The Kier molecular flexibility index (Phi) is 4.43. The number of benzene rings is 1. The van der Waals surface area contributed by atoms with E-state index in [0.29, 0.717) is 25.2 Å². The molecule has 0 spiro atoms. The first-order valence-electron chi connectivity index (χ1n) is 6.82. The van der Waals surface area contributed by atoms with Gasteiger partial charge in [-0.2, -0.15) is 0 Å². The number of nitrogens with two attached hydrogens (primary N) is 1. The van der Waals surface area contributed by atoms with Crippen LogP contribution >= 0.6 is 0 Å². The van der Waals surface area contributed by atoms with Crippen LogP contribution in [0.1, 0.15) is 35.7 Å². The molecule has 0 radical (unpaired) electrons. The third-order valence-corrected chi connectivity index (χ3v) is 3.41. The van der Waals surface area contributed by atoms with Crippen LogP contribution in [0.15, 0.2) is 24.3 Å². The van der Waals surface area contributed by atoms with Crippen molar-refractivity contribution in [3.8, 4) is 11.8 Å². The van der Waals surface area contributed by atoms with Crippen molar-refractivity contribution in [2.24, 2.45) is 5.73 Å². The van der Waals surface area contributed by atoms with E-state index in [2.05, 4.69) is 11.8 Å². The standard InChI is InChI=1S/C16H20N2O2/c1-16(20)8-4-10-18(12-16)15(19)14-7-2-5-13(11-14)6-3-9-17/h2,5,7,11,20H,4,8-10,12,17H2,1H3. The summed E-state index contributed by atoms with van der Waals surface area (Å²) in [6.45, 7) is 3.14. The Morgan fingerprint density at radius 1 is 1.55 bits per heavy atom. The first-order valence-corrected chi connectivity index (χ1v) is 6.82. The van der Waals surface area contributed by atoms with Crippen molar-refractivity contribution in [3.63, 3.8) is 0 Å². The largest absolute Gasteiger partial charge is 0.388 e. The molecule has 106 valence electrons. The highest BCUT2D eigenvalue weighted by Gasteiger charge is 2.31. The zero-order chi connectivity index (χ0) is 14.6. The second-order valence-electron chi connectivity index (χ2n) is 5.41. The lowest BCUT2D eigenvalue weighted by Gasteiger charge is -2.36. The van der Waals surface area contributed by atoms with Crippen LogP contribution in [0.5, 0.6) is 0 Å². The zero-order valence-corrected chi connectivity index (χ0v) is 11.7. The molecule has 0 aromatic heterocycles. The SMILES string of the molecule is CC1(O)CCCN(C(=O)c2cccc(C#CCN)c2)C1. The van der Waals surface area contributed by atoms with E-state index in [1.165, 1.54) is 0 Å². The number of hydrogen-bond donors (Lipinski definition) is 2. The Bertz CT molecular complexity index is 555. The van der Waals surface area contributed by atoms with Crippen molar-refractivity contribution in [2.75, 3.05) is 19.6 Å². The second-order valence-corrected chi connectivity index (χ2v) is 5.41. The molecule has 1 atom stereocenters. The van der Waals surface area contributed by atoms with Gasteiger partial charge in [0.15, 0.2) is 0 Å². The molecule has 1 aliphatic heterocycles. The van der Waals surface area contributed by atoms with Crippen molar-refractivity contribution in [3.05, 3.63) is 35.4 Å². The fourth-order valence-electron chi connectivity index (χ4n) is 2.46. The molecule has 1 unspecified atom stereocenters. The van der Waals surface area contributed by atoms with Gasteiger partial charge in [-0.25, -0.2) is 0 Å². The summed E-state index contributed by atoms with van der Waals surface area (Å²) < 4.78 is 0. The average Bonchev–Trinajstić information content (AvgIpc) is 2.43. The molecular weight excluding hydrogens is 252 g/mol. The van der Waals surface area contributed by atoms with E-state index in [1.807, 2.05) is 12.1 Å². The number of nitrogens with zero attached hydrogens (tertiary/aromatic N) is 1. The first-order chi connectivity index (χ1) is 9.52. The van der Waals surface area contributed by atoms with Crippen molar-refractivity contribution in [1.29, 1.82) is 0 Å². The highest BCUT2D eigenvalue weighted by Crippen LogP contribution is 2.22. The van der Waals surface area contributed by atoms with Gasteiger partial charge in [-0.1, -0.05) is 17.9 Å². The normalized spacial score (nSPS) is 22.1. The lowest BCUT2D eigenvalue weighted by Crippen LogP contribution is -2.48. The molecule has 4 heteroatoms. The molecule has 1 heterocycles. The van der Waals surface area contributed by atoms with Crippen molar-refractivity contribution in [2.45, 2.75) is 25.4 Å². The van der Waals surface area contributed by atoms with E-state index in [-0.39, 0.29) is 5.91 Å². The van der Waals surface area contributed by atoms with Gasteiger partial charge in [0.2, 0.25) is 0 Å². The molecule has 1 amide bonds. The van der Waals surface area contributed by atoms with E-state index in [9.17, 15) is 9.90 Å². The van der Waals surface area contributed by atoms with E-state index in [4.69, 9.17) is 5.73 Å². The van der Waals surface area contributed by atoms with Crippen molar-refractivity contribution < 1.29 is 9.90 Å². The van der Waals surface area contributed by atoms with E-state index >= 15 is 0 Å². The van der Waals surface area contributed by atoms with Crippen LogP contribution in [0.25, 0.3) is 0 Å². The number of likely N-dealkylation sites (tertiary alicyclic amines) is 1. The Balaban J connectivity index is 2.16. The fraction of sp³-hybridized carbons (Fsp3) is 0.438. The maximum absolute atomic E-state index is 12.5. The van der Waals surface area contributed by atoms with E-state index in [1.54, 1.807) is 24.0 Å². The number of amides is 1. The van der Waals surface area contributed by atoms with Gasteiger partial charge in [0.25, 0.3) is 5.91 Å². The fourth-order valence-corrected chi connectivity index (χ4v) is 2.46. The van der Waals surface area contributed by atoms with Crippen LogP contribution < -0.4 is 5.73 Å². The molecule has 1 aromatic rings. The summed E-state index contributed by atoms with van der Waals surface area (Å²) in [4.78, 5) is 14.2. The van der Waals surface area contributed by atoms with Crippen molar-refractivity contribution >= 4 is 5.91 Å². The zero-order valence-electron chi connectivity index (χ0n) is 11.7. The number of carbonyl (C=O) groups excluding carboxylic acids is 1. The highest BCUT2D eigenvalue weighted by atomic mass is 16.3. The Morgan fingerprint density at radius 2 is 2.35 bits per heavy atom. The van der Waals surface area contributed by atoms with Gasteiger partial charge in [0, 0.05) is 24.2 Å². The Labute approximate surface area is 119 Å². The molecule has 0 aliphatic carbocycles.